The van der Waals surface area contributed by atoms with Crippen LogP contribution in [0.4, 0.5) is 0 Å². The number of fused-ring (bicyclic) bond motifs is 5. The zero-order valence-corrected chi connectivity index (χ0v) is 10.2. The lowest BCUT2D eigenvalue weighted by Crippen LogP contribution is -2.38. The molecule has 0 spiro atoms. The lowest BCUT2D eigenvalue weighted by Gasteiger charge is -2.20. The molecule has 0 unspecified atom stereocenters. The highest BCUT2D eigenvalue weighted by atomic mass is 16.5. The number of allylic oxidation sites excluding steroid dienone is 2. The first kappa shape index (κ1) is 10.7. The number of carbonyl (C=O) groups is 2. The summed E-state index contributed by atoms with van der Waals surface area (Å²) < 4.78 is 5.54. The van der Waals surface area contributed by atoms with Crippen molar-refractivity contribution >= 4 is 11.8 Å². The second-order valence-corrected chi connectivity index (χ2v) is 5.92. The molecule has 18 heavy (non-hydrogen) atoms. The molecule has 2 saturated heterocycles. The predicted molar refractivity (Wildman–Crippen MR) is 63.4 cm³/mol. The van der Waals surface area contributed by atoms with Crippen molar-refractivity contribution in [3.8, 4) is 0 Å². The Bertz CT molecular complexity index is 408. The van der Waals surface area contributed by atoms with E-state index in [1.807, 2.05) is 0 Å². The summed E-state index contributed by atoms with van der Waals surface area (Å²) in [6.45, 7) is 1.24. The van der Waals surface area contributed by atoms with Gasteiger partial charge in [-0.1, -0.05) is 12.2 Å². The Morgan fingerprint density at radius 1 is 1.17 bits per heavy atom. The van der Waals surface area contributed by atoms with Crippen molar-refractivity contribution in [1.82, 2.24) is 4.90 Å². The first-order valence-corrected chi connectivity index (χ1v) is 6.91. The number of nitrogens with zero attached hydrogens (tertiary/aromatic N) is 1. The van der Waals surface area contributed by atoms with Crippen LogP contribution in [0.25, 0.3) is 0 Å². The molecule has 2 aliphatic heterocycles. The van der Waals surface area contributed by atoms with Gasteiger partial charge in [-0.25, -0.2) is 0 Å². The summed E-state index contributed by atoms with van der Waals surface area (Å²) in [4.78, 5) is 26.3. The SMILES string of the molecule is O=C1[C@H]2[C@H](C(=O)N1C[C@@H]1CCCO1)[C@H]1C=C[C@H]2C1. The van der Waals surface area contributed by atoms with Gasteiger partial charge in [0.1, 0.15) is 0 Å². The number of ether oxygens (including phenoxy) is 1. The molecule has 0 aromatic carbocycles. The van der Waals surface area contributed by atoms with Gasteiger partial charge in [-0.05, 0) is 31.1 Å². The molecule has 0 aromatic heterocycles. The molecule has 1 saturated carbocycles. The smallest absolute Gasteiger partial charge is 0.233 e. The van der Waals surface area contributed by atoms with Crippen molar-refractivity contribution in [2.24, 2.45) is 23.7 Å². The molecular weight excluding hydrogens is 230 g/mol. The second kappa shape index (κ2) is 3.67. The fraction of sp³-hybridized carbons (Fsp3) is 0.714. The van der Waals surface area contributed by atoms with Crippen molar-refractivity contribution in [1.29, 1.82) is 0 Å². The number of hydrogen-bond acceptors (Lipinski definition) is 3. The molecule has 4 rings (SSSR count). The minimum absolute atomic E-state index is 0.0531. The lowest BCUT2D eigenvalue weighted by atomic mass is 9.85. The van der Waals surface area contributed by atoms with Gasteiger partial charge < -0.3 is 4.74 Å². The van der Waals surface area contributed by atoms with Crippen LogP contribution in [-0.4, -0.2) is 36.0 Å². The van der Waals surface area contributed by atoms with Crippen molar-refractivity contribution < 1.29 is 14.3 Å². The van der Waals surface area contributed by atoms with Gasteiger partial charge in [0, 0.05) is 6.61 Å². The number of amides is 2. The van der Waals surface area contributed by atoms with Gasteiger partial charge >= 0.3 is 0 Å². The molecule has 4 aliphatic rings. The minimum Gasteiger partial charge on any atom is -0.376 e. The van der Waals surface area contributed by atoms with E-state index in [4.69, 9.17) is 4.74 Å². The van der Waals surface area contributed by atoms with E-state index in [1.165, 1.54) is 4.90 Å². The van der Waals surface area contributed by atoms with E-state index >= 15 is 0 Å². The number of likely N-dealkylation sites (tertiary alicyclic amines) is 1. The maximum Gasteiger partial charge on any atom is 0.233 e. The summed E-state index contributed by atoms with van der Waals surface area (Å²) in [6, 6.07) is 0. The molecule has 96 valence electrons. The van der Waals surface area contributed by atoms with E-state index in [2.05, 4.69) is 12.2 Å². The first-order chi connectivity index (χ1) is 8.75. The van der Waals surface area contributed by atoms with E-state index in [1.54, 1.807) is 0 Å². The summed E-state index contributed by atoms with van der Waals surface area (Å²) in [6.07, 6.45) is 7.35. The van der Waals surface area contributed by atoms with E-state index in [9.17, 15) is 9.59 Å². The van der Waals surface area contributed by atoms with Crippen LogP contribution in [0.3, 0.4) is 0 Å². The number of hydrogen-bond donors (Lipinski definition) is 0. The van der Waals surface area contributed by atoms with Gasteiger partial charge in [0.05, 0.1) is 24.5 Å². The highest BCUT2D eigenvalue weighted by molar-refractivity contribution is 6.06. The van der Waals surface area contributed by atoms with Crippen molar-refractivity contribution in [2.45, 2.75) is 25.4 Å². The van der Waals surface area contributed by atoms with Gasteiger partial charge in [0.2, 0.25) is 11.8 Å². The van der Waals surface area contributed by atoms with E-state index in [0.717, 1.165) is 25.9 Å². The van der Waals surface area contributed by atoms with E-state index in [-0.39, 0.29) is 29.8 Å². The third kappa shape index (κ3) is 1.30. The summed E-state index contributed by atoms with van der Waals surface area (Å²) in [5, 5.41) is 0. The topological polar surface area (TPSA) is 46.6 Å². The highest BCUT2D eigenvalue weighted by Crippen LogP contribution is 2.52. The van der Waals surface area contributed by atoms with Crippen molar-refractivity contribution in [2.75, 3.05) is 13.2 Å². The van der Waals surface area contributed by atoms with Gasteiger partial charge in [-0.2, -0.15) is 0 Å². The fourth-order valence-electron chi connectivity index (χ4n) is 4.14. The van der Waals surface area contributed by atoms with Crippen molar-refractivity contribution in [3.63, 3.8) is 0 Å². The lowest BCUT2D eigenvalue weighted by molar-refractivity contribution is -0.142. The molecule has 0 N–H and O–H groups in total. The summed E-state index contributed by atoms with van der Waals surface area (Å²) >= 11 is 0. The fourth-order valence-corrected chi connectivity index (χ4v) is 4.14. The largest absolute Gasteiger partial charge is 0.376 e. The van der Waals surface area contributed by atoms with Crippen LogP contribution < -0.4 is 0 Å². The highest BCUT2D eigenvalue weighted by Gasteiger charge is 2.59. The second-order valence-electron chi connectivity index (χ2n) is 5.92. The average Bonchev–Trinajstić information content (AvgIpc) is 3.10. The Hall–Kier alpha value is -1.16. The van der Waals surface area contributed by atoms with Crippen LogP contribution in [0.1, 0.15) is 19.3 Å². The molecule has 5 atom stereocenters. The molecule has 4 nitrogen and oxygen atoms in total. The van der Waals surface area contributed by atoms with Crippen LogP contribution in [0.2, 0.25) is 0 Å². The molecule has 0 radical (unpaired) electrons. The quantitative estimate of drug-likeness (QED) is 0.539. The van der Waals surface area contributed by atoms with Crippen LogP contribution in [0.15, 0.2) is 12.2 Å². The molecule has 2 bridgehead atoms. The molecule has 2 aliphatic carbocycles. The van der Waals surface area contributed by atoms with Crippen LogP contribution in [0, 0.1) is 23.7 Å². The molecule has 2 amide bonds. The Labute approximate surface area is 106 Å². The zero-order chi connectivity index (χ0) is 12.3. The van der Waals surface area contributed by atoms with Crippen LogP contribution >= 0.6 is 0 Å². The van der Waals surface area contributed by atoms with Gasteiger partial charge in [-0.15, -0.1) is 0 Å². The number of imide groups is 1. The molecule has 4 heteroatoms. The minimum atomic E-state index is -0.0612. The van der Waals surface area contributed by atoms with Gasteiger partial charge in [0.15, 0.2) is 0 Å². The Morgan fingerprint density at radius 2 is 1.83 bits per heavy atom. The van der Waals surface area contributed by atoms with E-state index in [0.29, 0.717) is 18.4 Å². The van der Waals surface area contributed by atoms with Crippen LogP contribution in [-0.2, 0) is 14.3 Å². The molecule has 2 heterocycles. The molecule has 3 fully saturated rings. The average molecular weight is 247 g/mol. The zero-order valence-electron chi connectivity index (χ0n) is 10.2. The maximum absolute atomic E-state index is 12.4. The first-order valence-electron chi connectivity index (χ1n) is 6.91. The number of rotatable bonds is 2. The summed E-state index contributed by atoms with van der Waals surface area (Å²) in [5.41, 5.74) is 0. The monoisotopic (exact) mass is 247 g/mol. The Kier molecular flexibility index (Phi) is 2.19. The van der Waals surface area contributed by atoms with Gasteiger partial charge in [0.25, 0.3) is 0 Å². The van der Waals surface area contributed by atoms with E-state index < -0.39 is 0 Å². The maximum atomic E-state index is 12.4. The Morgan fingerprint density at radius 3 is 2.39 bits per heavy atom. The summed E-state index contributed by atoms with van der Waals surface area (Å²) in [7, 11) is 0. The Balaban J connectivity index is 1.56. The number of carbonyl (C=O) groups excluding carboxylic acids is 2. The van der Waals surface area contributed by atoms with Gasteiger partial charge in [-0.3, -0.25) is 14.5 Å². The standard InChI is InChI=1S/C14H17NO3/c16-13-11-8-3-4-9(6-8)12(11)14(17)15(13)7-10-2-1-5-18-10/h3-4,8-12H,1-2,5-7H2/t8-,9-,10-,11+,12+/m0/s1. The summed E-state index contributed by atoms with van der Waals surface area (Å²) in [5.74, 6) is 0.606. The molecular formula is C14H17NO3. The predicted octanol–water partition coefficient (Wildman–Crippen LogP) is 0.972. The molecule has 0 aromatic rings. The van der Waals surface area contributed by atoms with Crippen molar-refractivity contribution in [3.05, 3.63) is 12.2 Å². The third-order valence-electron chi connectivity index (χ3n) is 4.97. The normalized spacial score (nSPS) is 45.3. The van der Waals surface area contributed by atoms with Crippen LogP contribution in [0.5, 0.6) is 0 Å². The third-order valence-corrected chi connectivity index (χ3v) is 4.97.